The number of hydrogen-bond donors (Lipinski definition) is 2. The minimum atomic E-state index is -0.931. The lowest BCUT2D eigenvalue weighted by Crippen LogP contribution is -2.16. The van der Waals surface area contributed by atoms with Crippen LogP contribution in [0.5, 0.6) is 0 Å². The minimum absolute atomic E-state index is 0.112. The summed E-state index contributed by atoms with van der Waals surface area (Å²) in [5.41, 5.74) is 0.849. The van der Waals surface area contributed by atoms with Crippen LogP contribution in [0.2, 0.25) is 0 Å². The van der Waals surface area contributed by atoms with Crippen molar-refractivity contribution in [3.8, 4) is 0 Å². The van der Waals surface area contributed by atoms with Crippen LogP contribution in [0.25, 0.3) is 0 Å². The van der Waals surface area contributed by atoms with Crippen LogP contribution in [0, 0.1) is 11.6 Å². The molecule has 2 aromatic rings. The first-order valence-electron chi connectivity index (χ1n) is 5.58. The number of aliphatic hydroxyl groups excluding tert-OH is 1. The molecule has 4 heteroatoms. The van der Waals surface area contributed by atoms with Gasteiger partial charge in [-0.15, -0.1) is 0 Å². The first kappa shape index (κ1) is 12.5. The van der Waals surface area contributed by atoms with Crippen molar-refractivity contribution < 1.29 is 13.9 Å². The van der Waals surface area contributed by atoms with Crippen molar-refractivity contribution in [3.05, 3.63) is 65.7 Å². The summed E-state index contributed by atoms with van der Waals surface area (Å²) >= 11 is 0. The van der Waals surface area contributed by atoms with Gasteiger partial charge in [-0.25, -0.2) is 8.78 Å². The maximum absolute atomic E-state index is 13.6. The van der Waals surface area contributed by atoms with Gasteiger partial charge in [-0.1, -0.05) is 30.3 Å². The third-order valence-electron chi connectivity index (χ3n) is 2.65. The maximum atomic E-state index is 13.6. The molecule has 0 saturated heterocycles. The van der Waals surface area contributed by atoms with Gasteiger partial charge in [-0.05, 0) is 18.2 Å². The molecule has 0 radical (unpaired) electrons. The molecule has 2 rings (SSSR count). The predicted molar refractivity (Wildman–Crippen MR) is 66.2 cm³/mol. The van der Waals surface area contributed by atoms with Crippen LogP contribution in [0.15, 0.2) is 48.5 Å². The van der Waals surface area contributed by atoms with E-state index in [9.17, 15) is 13.9 Å². The van der Waals surface area contributed by atoms with Crippen LogP contribution in [-0.4, -0.2) is 11.7 Å². The fourth-order valence-corrected chi connectivity index (χ4v) is 1.75. The van der Waals surface area contributed by atoms with Crippen molar-refractivity contribution in [2.24, 2.45) is 0 Å². The molecule has 0 bridgehead atoms. The monoisotopic (exact) mass is 249 g/mol. The molecule has 2 nitrogen and oxygen atoms in total. The van der Waals surface area contributed by atoms with E-state index in [4.69, 9.17) is 0 Å². The van der Waals surface area contributed by atoms with Gasteiger partial charge in [-0.2, -0.15) is 0 Å². The van der Waals surface area contributed by atoms with Crippen LogP contribution < -0.4 is 5.32 Å². The summed E-state index contributed by atoms with van der Waals surface area (Å²) in [6.07, 6.45) is 0. The Kier molecular flexibility index (Phi) is 3.89. The number of anilines is 1. The molecule has 2 aromatic carbocycles. The molecule has 18 heavy (non-hydrogen) atoms. The molecule has 2 N–H and O–H groups in total. The van der Waals surface area contributed by atoms with E-state index >= 15 is 0 Å². The molecule has 0 aliphatic rings. The summed E-state index contributed by atoms with van der Waals surface area (Å²) in [4.78, 5) is 0. The lowest BCUT2D eigenvalue weighted by molar-refractivity contribution is 0.273. The van der Waals surface area contributed by atoms with Gasteiger partial charge in [0, 0.05) is 11.3 Å². The van der Waals surface area contributed by atoms with Crippen molar-refractivity contribution in [2.75, 3.05) is 11.9 Å². The SMILES string of the molecule is OCC(Nc1ccccc1)c1cccc(F)c1F. The number of nitrogens with one attached hydrogen (secondary N) is 1. The number of benzene rings is 2. The van der Waals surface area contributed by atoms with Crippen molar-refractivity contribution in [1.29, 1.82) is 0 Å². The van der Waals surface area contributed by atoms with Crippen molar-refractivity contribution >= 4 is 5.69 Å². The van der Waals surface area contributed by atoms with E-state index in [0.29, 0.717) is 0 Å². The molecule has 0 fully saturated rings. The van der Waals surface area contributed by atoms with E-state index in [-0.39, 0.29) is 12.2 Å². The van der Waals surface area contributed by atoms with Gasteiger partial charge in [0.25, 0.3) is 0 Å². The first-order chi connectivity index (χ1) is 8.72. The quantitative estimate of drug-likeness (QED) is 0.872. The number of aliphatic hydroxyl groups is 1. The van der Waals surface area contributed by atoms with E-state index < -0.39 is 17.7 Å². The highest BCUT2D eigenvalue weighted by Gasteiger charge is 2.17. The second-order valence-corrected chi connectivity index (χ2v) is 3.89. The van der Waals surface area contributed by atoms with Crippen LogP contribution in [0.1, 0.15) is 11.6 Å². The minimum Gasteiger partial charge on any atom is -0.394 e. The molecule has 0 aliphatic carbocycles. The normalized spacial score (nSPS) is 12.2. The number of para-hydroxylation sites is 1. The van der Waals surface area contributed by atoms with Crippen molar-refractivity contribution in [3.63, 3.8) is 0 Å². The zero-order chi connectivity index (χ0) is 13.0. The zero-order valence-electron chi connectivity index (χ0n) is 9.61. The van der Waals surface area contributed by atoms with Gasteiger partial charge in [0.2, 0.25) is 0 Å². The second kappa shape index (κ2) is 5.60. The standard InChI is InChI=1S/C14H13F2NO/c15-12-8-4-7-11(14(12)16)13(9-18)17-10-5-2-1-3-6-10/h1-8,13,17-18H,9H2. The topological polar surface area (TPSA) is 32.3 Å². The van der Waals surface area contributed by atoms with Crippen LogP contribution in [0.3, 0.4) is 0 Å². The molecular weight excluding hydrogens is 236 g/mol. The van der Waals surface area contributed by atoms with Crippen molar-refractivity contribution in [2.45, 2.75) is 6.04 Å². The number of rotatable bonds is 4. The highest BCUT2D eigenvalue weighted by Crippen LogP contribution is 2.23. The number of halogens is 2. The Morgan fingerprint density at radius 2 is 1.72 bits per heavy atom. The van der Waals surface area contributed by atoms with E-state index in [2.05, 4.69) is 5.32 Å². The fourth-order valence-electron chi connectivity index (χ4n) is 1.75. The van der Waals surface area contributed by atoms with Gasteiger partial charge in [0.1, 0.15) is 0 Å². The molecule has 0 aromatic heterocycles. The largest absolute Gasteiger partial charge is 0.394 e. The molecule has 1 atom stereocenters. The lowest BCUT2D eigenvalue weighted by Gasteiger charge is -2.18. The van der Waals surface area contributed by atoms with Gasteiger partial charge >= 0.3 is 0 Å². The number of hydrogen-bond acceptors (Lipinski definition) is 2. The highest BCUT2D eigenvalue weighted by atomic mass is 19.2. The van der Waals surface area contributed by atoms with Crippen LogP contribution in [-0.2, 0) is 0 Å². The van der Waals surface area contributed by atoms with Crippen LogP contribution >= 0.6 is 0 Å². The maximum Gasteiger partial charge on any atom is 0.164 e. The Balaban J connectivity index is 2.26. The lowest BCUT2D eigenvalue weighted by atomic mass is 10.1. The molecular formula is C14H13F2NO. The molecule has 0 heterocycles. The smallest absolute Gasteiger partial charge is 0.164 e. The summed E-state index contributed by atoms with van der Waals surface area (Å²) in [7, 11) is 0. The Morgan fingerprint density at radius 1 is 1.00 bits per heavy atom. The Hall–Kier alpha value is -1.94. The van der Waals surface area contributed by atoms with Gasteiger partial charge in [-0.3, -0.25) is 0 Å². The fraction of sp³-hybridized carbons (Fsp3) is 0.143. The van der Waals surface area contributed by atoms with E-state index in [0.717, 1.165) is 11.8 Å². The molecule has 0 amide bonds. The zero-order valence-corrected chi connectivity index (χ0v) is 9.61. The molecule has 0 spiro atoms. The van der Waals surface area contributed by atoms with E-state index in [1.165, 1.54) is 12.1 Å². The Morgan fingerprint density at radius 3 is 2.39 bits per heavy atom. The van der Waals surface area contributed by atoms with Crippen LogP contribution in [0.4, 0.5) is 14.5 Å². The van der Waals surface area contributed by atoms with Gasteiger partial charge in [0.05, 0.1) is 12.6 Å². The highest BCUT2D eigenvalue weighted by molar-refractivity contribution is 5.45. The second-order valence-electron chi connectivity index (χ2n) is 3.89. The summed E-state index contributed by atoms with van der Waals surface area (Å²) < 4.78 is 26.7. The Labute approximate surface area is 104 Å². The summed E-state index contributed by atoms with van der Waals surface area (Å²) in [5, 5.41) is 12.3. The van der Waals surface area contributed by atoms with Gasteiger partial charge < -0.3 is 10.4 Å². The van der Waals surface area contributed by atoms with E-state index in [1.807, 2.05) is 18.2 Å². The first-order valence-corrected chi connectivity index (χ1v) is 5.58. The summed E-state index contributed by atoms with van der Waals surface area (Å²) in [5.74, 6) is -1.85. The van der Waals surface area contributed by atoms with Gasteiger partial charge in [0.15, 0.2) is 11.6 Å². The van der Waals surface area contributed by atoms with E-state index in [1.54, 1.807) is 12.1 Å². The average Bonchev–Trinajstić information content (AvgIpc) is 2.41. The molecule has 94 valence electrons. The molecule has 1 unspecified atom stereocenters. The third-order valence-corrected chi connectivity index (χ3v) is 2.65. The summed E-state index contributed by atoms with van der Waals surface area (Å²) in [6.45, 7) is -0.324. The van der Waals surface area contributed by atoms with Crippen molar-refractivity contribution in [1.82, 2.24) is 0 Å². The average molecular weight is 249 g/mol. The molecule has 0 aliphatic heterocycles. The molecule has 0 saturated carbocycles. The third kappa shape index (κ3) is 2.65. The summed E-state index contributed by atoms with van der Waals surface area (Å²) in [6, 6.07) is 12.3. The predicted octanol–water partition coefficient (Wildman–Crippen LogP) is 3.11. The Bertz CT molecular complexity index is 516.